The van der Waals surface area contributed by atoms with Gasteiger partial charge in [0.15, 0.2) is 0 Å². The van der Waals surface area contributed by atoms with Gasteiger partial charge in [0.05, 0.1) is 11.6 Å². The molecule has 0 saturated heterocycles. The van der Waals surface area contributed by atoms with Crippen LogP contribution in [0.25, 0.3) is 17.1 Å². The Hall–Kier alpha value is -2.75. The van der Waals surface area contributed by atoms with Crippen LogP contribution >= 0.6 is 0 Å². The molecule has 0 amide bonds. The molecular formula is C18H17N3O. The maximum Gasteiger partial charge on any atom is 0.132 e. The second-order valence-electron chi connectivity index (χ2n) is 5.27. The fourth-order valence-corrected chi connectivity index (χ4v) is 2.45. The van der Waals surface area contributed by atoms with E-state index in [1.165, 1.54) is 0 Å². The molecule has 110 valence electrons. The van der Waals surface area contributed by atoms with E-state index in [-0.39, 0.29) is 11.8 Å². The van der Waals surface area contributed by atoms with Crippen molar-refractivity contribution in [1.82, 2.24) is 15.0 Å². The van der Waals surface area contributed by atoms with Crippen molar-refractivity contribution in [1.29, 1.82) is 0 Å². The summed E-state index contributed by atoms with van der Waals surface area (Å²) in [6.45, 7) is 1.60. The molecule has 22 heavy (non-hydrogen) atoms. The van der Waals surface area contributed by atoms with Crippen LogP contribution in [0.5, 0.6) is 0 Å². The first-order chi connectivity index (χ1) is 10.7. The molecule has 0 aliphatic heterocycles. The molecule has 0 aliphatic rings. The largest absolute Gasteiger partial charge is 0.300 e. The zero-order valence-electron chi connectivity index (χ0n) is 12.4. The minimum Gasteiger partial charge on any atom is -0.300 e. The van der Waals surface area contributed by atoms with Crippen LogP contribution in [0.2, 0.25) is 0 Å². The number of ketones is 1. The van der Waals surface area contributed by atoms with Gasteiger partial charge in [0, 0.05) is 6.42 Å². The van der Waals surface area contributed by atoms with Gasteiger partial charge in [0.1, 0.15) is 11.3 Å². The summed E-state index contributed by atoms with van der Waals surface area (Å²) in [4.78, 5) is 11.6. The molecule has 1 heterocycles. The molecule has 0 unspecified atom stereocenters. The number of carbonyl (C=O) groups is 1. The van der Waals surface area contributed by atoms with Crippen LogP contribution < -0.4 is 0 Å². The van der Waals surface area contributed by atoms with Gasteiger partial charge in [-0.15, -0.1) is 5.10 Å². The van der Waals surface area contributed by atoms with Gasteiger partial charge in [-0.2, -0.15) is 0 Å². The van der Waals surface area contributed by atoms with Crippen LogP contribution in [0.15, 0.2) is 60.7 Å². The summed E-state index contributed by atoms with van der Waals surface area (Å²) in [7, 11) is 0. The summed E-state index contributed by atoms with van der Waals surface area (Å²) in [5, 5.41) is 8.39. The molecule has 2 aromatic carbocycles. The Morgan fingerprint density at radius 2 is 1.86 bits per heavy atom. The fraction of sp³-hybridized carbons (Fsp3) is 0.167. The van der Waals surface area contributed by atoms with Crippen LogP contribution in [-0.2, 0) is 4.79 Å². The lowest BCUT2D eigenvalue weighted by atomic mass is 10.1. The molecule has 3 rings (SSSR count). The van der Waals surface area contributed by atoms with E-state index in [1.807, 2.05) is 71.4 Å². The highest BCUT2D eigenvalue weighted by atomic mass is 16.1. The first kappa shape index (κ1) is 14.2. The zero-order chi connectivity index (χ0) is 15.4. The summed E-state index contributed by atoms with van der Waals surface area (Å²) in [6.07, 6.45) is 4.43. The smallest absolute Gasteiger partial charge is 0.132 e. The number of para-hydroxylation sites is 1. The maximum atomic E-state index is 11.6. The summed E-state index contributed by atoms with van der Waals surface area (Å²) in [5.74, 6) is 0.127. The van der Waals surface area contributed by atoms with E-state index in [4.69, 9.17) is 0 Å². The minimum absolute atomic E-state index is 0.127. The number of carbonyl (C=O) groups excluding carboxylic acids is 1. The van der Waals surface area contributed by atoms with E-state index in [9.17, 15) is 4.79 Å². The van der Waals surface area contributed by atoms with Gasteiger partial charge in [0.25, 0.3) is 0 Å². The fourth-order valence-electron chi connectivity index (χ4n) is 2.45. The summed E-state index contributed by atoms with van der Waals surface area (Å²) in [5.41, 5.74) is 2.87. The number of nitrogens with zero attached hydrogens (tertiary/aromatic N) is 3. The zero-order valence-corrected chi connectivity index (χ0v) is 12.4. The van der Waals surface area contributed by atoms with Crippen molar-refractivity contribution in [3.8, 4) is 0 Å². The van der Waals surface area contributed by atoms with Crippen molar-refractivity contribution >= 4 is 22.9 Å². The number of aromatic nitrogens is 3. The molecule has 0 N–H and O–H groups in total. The Bertz CT molecular complexity index is 805. The van der Waals surface area contributed by atoms with Crippen LogP contribution in [0.4, 0.5) is 0 Å². The average Bonchev–Trinajstić information content (AvgIpc) is 2.96. The molecule has 1 aromatic heterocycles. The highest BCUT2D eigenvalue weighted by Gasteiger charge is 2.14. The standard InChI is InChI=1S/C18H17N3O/c1-14(22)13-16(12-11-15-7-3-2-4-8-15)21-18-10-6-5-9-17(18)19-20-21/h2-12,16H,13H2,1H3/b12-11+/t16-/m1/s1. The molecule has 0 saturated carbocycles. The van der Waals surface area contributed by atoms with Gasteiger partial charge in [0.2, 0.25) is 0 Å². The third-order valence-electron chi connectivity index (χ3n) is 3.50. The summed E-state index contributed by atoms with van der Waals surface area (Å²) < 4.78 is 1.82. The van der Waals surface area contributed by atoms with Crippen molar-refractivity contribution < 1.29 is 4.79 Å². The van der Waals surface area contributed by atoms with Crippen molar-refractivity contribution in [3.05, 3.63) is 66.2 Å². The van der Waals surface area contributed by atoms with Gasteiger partial charge in [-0.1, -0.05) is 59.8 Å². The van der Waals surface area contributed by atoms with E-state index in [0.29, 0.717) is 6.42 Å². The first-order valence-corrected chi connectivity index (χ1v) is 7.26. The third-order valence-corrected chi connectivity index (χ3v) is 3.50. The second-order valence-corrected chi connectivity index (χ2v) is 5.27. The van der Waals surface area contributed by atoms with E-state index < -0.39 is 0 Å². The second kappa shape index (κ2) is 6.35. The van der Waals surface area contributed by atoms with Crippen molar-refractivity contribution in [3.63, 3.8) is 0 Å². The minimum atomic E-state index is -0.134. The number of hydrogen-bond donors (Lipinski definition) is 0. The predicted molar refractivity (Wildman–Crippen MR) is 87.3 cm³/mol. The Balaban J connectivity index is 1.96. The van der Waals surface area contributed by atoms with Gasteiger partial charge >= 0.3 is 0 Å². The van der Waals surface area contributed by atoms with E-state index in [2.05, 4.69) is 10.3 Å². The predicted octanol–water partition coefficient (Wildman–Crippen LogP) is 3.66. The first-order valence-electron chi connectivity index (χ1n) is 7.26. The Morgan fingerprint density at radius 3 is 2.64 bits per heavy atom. The highest BCUT2D eigenvalue weighted by molar-refractivity contribution is 5.78. The maximum absolute atomic E-state index is 11.6. The quantitative estimate of drug-likeness (QED) is 0.720. The Morgan fingerprint density at radius 1 is 1.14 bits per heavy atom. The number of rotatable bonds is 5. The Labute approximate surface area is 129 Å². The van der Waals surface area contributed by atoms with E-state index >= 15 is 0 Å². The molecule has 0 bridgehead atoms. The van der Waals surface area contributed by atoms with Gasteiger partial charge in [-0.25, -0.2) is 4.68 Å². The lowest BCUT2D eigenvalue weighted by molar-refractivity contribution is -0.117. The molecule has 3 aromatic rings. The van der Waals surface area contributed by atoms with Crippen molar-refractivity contribution in [2.24, 2.45) is 0 Å². The molecule has 4 heteroatoms. The third kappa shape index (κ3) is 3.11. The molecule has 0 spiro atoms. The Kier molecular flexibility index (Phi) is 4.10. The lowest BCUT2D eigenvalue weighted by Crippen LogP contribution is -2.12. The molecular weight excluding hydrogens is 274 g/mol. The lowest BCUT2D eigenvalue weighted by Gasteiger charge is -2.12. The number of Topliss-reactive ketones (excluding diaryl/α,β-unsaturated/α-hetero) is 1. The van der Waals surface area contributed by atoms with Crippen molar-refractivity contribution in [2.45, 2.75) is 19.4 Å². The van der Waals surface area contributed by atoms with Crippen LogP contribution in [0.3, 0.4) is 0 Å². The number of fused-ring (bicyclic) bond motifs is 1. The van der Waals surface area contributed by atoms with Crippen LogP contribution in [0, 0.1) is 0 Å². The molecule has 0 aliphatic carbocycles. The monoisotopic (exact) mass is 291 g/mol. The van der Waals surface area contributed by atoms with Crippen molar-refractivity contribution in [2.75, 3.05) is 0 Å². The number of hydrogen-bond acceptors (Lipinski definition) is 3. The molecule has 4 nitrogen and oxygen atoms in total. The molecule has 0 fully saturated rings. The van der Waals surface area contributed by atoms with Crippen LogP contribution in [0.1, 0.15) is 24.9 Å². The SMILES string of the molecule is CC(=O)C[C@@H](/C=C/c1ccccc1)n1nnc2ccccc21. The summed E-state index contributed by atoms with van der Waals surface area (Å²) >= 11 is 0. The number of allylic oxidation sites excluding steroid dienone is 1. The van der Waals surface area contributed by atoms with Gasteiger partial charge in [-0.3, -0.25) is 4.79 Å². The summed E-state index contributed by atoms with van der Waals surface area (Å²) in [6, 6.07) is 17.7. The topological polar surface area (TPSA) is 47.8 Å². The molecule has 1 atom stereocenters. The molecule has 0 radical (unpaired) electrons. The normalized spacial score (nSPS) is 12.8. The van der Waals surface area contributed by atoms with Gasteiger partial charge in [-0.05, 0) is 24.6 Å². The van der Waals surface area contributed by atoms with E-state index in [1.54, 1.807) is 6.92 Å². The number of benzene rings is 2. The van der Waals surface area contributed by atoms with E-state index in [0.717, 1.165) is 16.6 Å². The average molecular weight is 291 g/mol. The van der Waals surface area contributed by atoms with Gasteiger partial charge < -0.3 is 0 Å². The highest BCUT2D eigenvalue weighted by Crippen LogP contribution is 2.20. The van der Waals surface area contributed by atoms with Crippen LogP contribution in [-0.4, -0.2) is 20.8 Å².